The highest BCUT2D eigenvalue weighted by Gasteiger charge is 2.18. The standard InChI is InChI=1S/C55H41N/c1-4-13-40(14-5-1)43-26-23-39(24-27-43)25-34-51(47-20-12-19-45(35-47)42-17-8-3-9-18-42)48-29-28-46-38-55-53(37-49(46)36-48)52-21-10-11-22-54(52)56(55)50-32-30-44(31-33-50)41-15-6-2-7-16-41/h1-24,26-33,35-38,51H,25,34H2. The summed E-state index contributed by atoms with van der Waals surface area (Å²) < 4.78 is 2.42. The van der Waals surface area contributed by atoms with Crippen LogP contribution in [0.4, 0.5) is 0 Å². The minimum atomic E-state index is 0.233. The molecule has 0 spiro atoms. The molecule has 1 nitrogen and oxygen atoms in total. The van der Waals surface area contributed by atoms with Crippen LogP contribution in [0.2, 0.25) is 0 Å². The summed E-state index contributed by atoms with van der Waals surface area (Å²) in [6.07, 6.45) is 2.00. The number of benzene rings is 9. The van der Waals surface area contributed by atoms with Gasteiger partial charge in [0, 0.05) is 22.4 Å². The third-order valence-corrected chi connectivity index (χ3v) is 11.5. The zero-order valence-corrected chi connectivity index (χ0v) is 31.2. The van der Waals surface area contributed by atoms with Crippen LogP contribution in [0.15, 0.2) is 218 Å². The Bertz CT molecular complexity index is 2920. The van der Waals surface area contributed by atoms with Crippen molar-refractivity contribution < 1.29 is 0 Å². The molecule has 0 aliphatic rings. The Hall–Kier alpha value is -6.96. The van der Waals surface area contributed by atoms with Crippen molar-refractivity contribution in [3.05, 3.63) is 235 Å². The van der Waals surface area contributed by atoms with Crippen molar-refractivity contribution in [2.75, 3.05) is 0 Å². The summed E-state index contributed by atoms with van der Waals surface area (Å²) in [5.41, 5.74) is 15.1. The van der Waals surface area contributed by atoms with E-state index < -0.39 is 0 Å². The molecule has 1 heterocycles. The van der Waals surface area contributed by atoms with Gasteiger partial charge in [-0.15, -0.1) is 0 Å². The molecule has 0 amide bonds. The number of aryl methyl sites for hydroxylation is 1. The van der Waals surface area contributed by atoms with Crippen molar-refractivity contribution >= 4 is 32.6 Å². The van der Waals surface area contributed by atoms with Crippen LogP contribution in [0.3, 0.4) is 0 Å². The predicted octanol–water partition coefficient (Wildman–Crippen LogP) is 14.7. The van der Waals surface area contributed by atoms with Gasteiger partial charge in [0.05, 0.1) is 11.0 Å². The largest absolute Gasteiger partial charge is 0.309 e. The summed E-state index contributed by atoms with van der Waals surface area (Å²) in [4.78, 5) is 0. The van der Waals surface area contributed by atoms with Gasteiger partial charge in [0.15, 0.2) is 0 Å². The molecule has 1 unspecified atom stereocenters. The lowest BCUT2D eigenvalue weighted by atomic mass is 9.84. The monoisotopic (exact) mass is 715 g/mol. The molecule has 10 aromatic rings. The number of aromatic nitrogens is 1. The van der Waals surface area contributed by atoms with E-state index in [-0.39, 0.29) is 5.92 Å². The smallest absolute Gasteiger partial charge is 0.0547 e. The lowest BCUT2D eigenvalue weighted by molar-refractivity contribution is 0.716. The van der Waals surface area contributed by atoms with Gasteiger partial charge >= 0.3 is 0 Å². The maximum absolute atomic E-state index is 2.45. The number of nitrogens with zero attached hydrogens (tertiary/aromatic N) is 1. The SMILES string of the molecule is c1ccc(-c2ccc(CCC(c3cccc(-c4ccccc4)c3)c3ccc4cc5c(cc4c3)c3ccccc3n5-c3ccc(-c4ccccc4)cc3)cc2)cc1. The number of hydrogen-bond acceptors (Lipinski definition) is 0. The van der Waals surface area contributed by atoms with E-state index in [1.165, 1.54) is 88.3 Å². The third kappa shape index (κ3) is 6.48. The van der Waals surface area contributed by atoms with E-state index in [9.17, 15) is 0 Å². The molecule has 56 heavy (non-hydrogen) atoms. The van der Waals surface area contributed by atoms with Crippen LogP contribution in [-0.4, -0.2) is 4.57 Å². The highest BCUT2D eigenvalue weighted by Crippen LogP contribution is 2.38. The van der Waals surface area contributed by atoms with Crippen LogP contribution in [0, 0.1) is 0 Å². The van der Waals surface area contributed by atoms with Gasteiger partial charge in [0.25, 0.3) is 0 Å². The number of fused-ring (bicyclic) bond motifs is 4. The van der Waals surface area contributed by atoms with Crippen LogP contribution >= 0.6 is 0 Å². The summed E-state index contributed by atoms with van der Waals surface area (Å²) in [5, 5.41) is 5.07. The Balaban J connectivity index is 1.04. The van der Waals surface area contributed by atoms with Gasteiger partial charge in [0.2, 0.25) is 0 Å². The zero-order chi connectivity index (χ0) is 37.3. The second-order valence-corrected chi connectivity index (χ2v) is 14.9. The minimum absolute atomic E-state index is 0.233. The number of hydrogen-bond donors (Lipinski definition) is 0. The molecule has 0 fully saturated rings. The zero-order valence-electron chi connectivity index (χ0n) is 31.2. The summed E-state index contributed by atoms with van der Waals surface area (Å²) in [6.45, 7) is 0. The molecule has 10 rings (SSSR count). The fraction of sp³-hybridized carbons (Fsp3) is 0.0545. The van der Waals surface area contributed by atoms with Crippen molar-refractivity contribution in [1.82, 2.24) is 4.57 Å². The predicted molar refractivity (Wildman–Crippen MR) is 238 cm³/mol. The Morgan fingerprint density at radius 2 is 0.893 bits per heavy atom. The molecule has 0 saturated heterocycles. The van der Waals surface area contributed by atoms with E-state index in [1.807, 2.05) is 0 Å². The van der Waals surface area contributed by atoms with E-state index in [1.54, 1.807) is 0 Å². The number of rotatable bonds is 9. The van der Waals surface area contributed by atoms with E-state index in [0.29, 0.717) is 0 Å². The van der Waals surface area contributed by atoms with Crippen LogP contribution in [0.5, 0.6) is 0 Å². The first-order valence-electron chi connectivity index (χ1n) is 19.7. The summed E-state index contributed by atoms with van der Waals surface area (Å²) in [7, 11) is 0. The van der Waals surface area contributed by atoms with E-state index >= 15 is 0 Å². The maximum atomic E-state index is 2.45. The van der Waals surface area contributed by atoms with E-state index in [4.69, 9.17) is 0 Å². The summed E-state index contributed by atoms with van der Waals surface area (Å²) >= 11 is 0. The van der Waals surface area contributed by atoms with Gasteiger partial charge < -0.3 is 4.57 Å². The molecule has 0 aliphatic heterocycles. The minimum Gasteiger partial charge on any atom is -0.309 e. The van der Waals surface area contributed by atoms with Crippen molar-refractivity contribution in [2.45, 2.75) is 18.8 Å². The number of para-hydroxylation sites is 1. The fourth-order valence-electron chi connectivity index (χ4n) is 8.56. The quantitative estimate of drug-likeness (QED) is 0.140. The fourth-order valence-corrected chi connectivity index (χ4v) is 8.56. The average molecular weight is 716 g/mol. The molecule has 266 valence electrons. The van der Waals surface area contributed by atoms with Gasteiger partial charge in [-0.3, -0.25) is 0 Å². The van der Waals surface area contributed by atoms with Crippen LogP contribution in [0.1, 0.15) is 29.0 Å². The van der Waals surface area contributed by atoms with Crippen LogP contribution in [0.25, 0.3) is 71.6 Å². The first-order valence-corrected chi connectivity index (χ1v) is 19.7. The Morgan fingerprint density at radius 1 is 0.339 bits per heavy atom. The van der Waals surface area contributed by atoms with Gasteiger partial charge in [-0.1, -0.05) is 188 Å². The van der Waals surface area contributed by atoms with Gasteiger partial charge in [-0.2, -0.15) is 0 Å². The normalized spacial score (nSPS) is 12.0. The molecular weight excluding hydrogens is 675 g/mol. The lowest BCUT2D eigenvalue weighted by Gasteiger charge is -2.20. The van der Waals surface area contributed by atoms with Crippen molar-refractivity contribution in [3.63, 3.8) is 0 Å². The maximum Gasteiger partial charge on any atom is 0.0547 e. The molecule has 9 aromatic carbocycles. The molecule has 1 atom stereocenters. The van der Waals surface area contributed by atoms with E-state index in [0.717, 1.165) is 12.8 Å². The topological polar surface area (TPSA) is 4.93 Å². The molecule has 0 saturated carbocycles. The lowest BCUT2D eigenvalue weighted by Crippen LogP contribution is -2.04. The highest BCUT2D eigenvalue weighted by atomic mass is 15.0. The molecule has 0 radical (unpaired) electrons. The highest BCUT2D eigenvalue weighted by molar-refractivity contribution is 6.13. The van der Waals surface area contributed by atoms with Crippen LogP contribution in [-0.2, 0) is 6.42 Å². The molecule has 1 aromatic heterocycles. The second kappa shape index (κ2) is 14.7. The summed E-state index contributed by atoms with van der Waals surface area (Å²) in [6, 6.07) is 80.1. The molecule has 0 N–H and O–H groups in total. The van der Waals surface area contributed by atoms with Gasteiger partial charge in [-0.05, 0) is 104 Å². The van der Waals surface area contributed by atoms with Crippen molar-refractivity contribution in [3.8, 4) is 39.1 Å². The molecule has 1 heteroatoms. The van der Waals surface area contributed by atoms with Crippen LogP contribution < -0.4 is 0 Å². The third-order valence-electron chi connectivity index (χ3n) is 11.5. The van der Waals surface area contributed by atoms with Gasteiger partial charge in [0.1, 0.15) is 0 Å². The van der Waals surface area contributed by atoms with E-state index in [2.05, 4.69) is 223 Å². The Kier molecular flexibility index (Phi) is 8.82. The average Bonchev–Trinajstić information content (AvgIpc) is 3.60. The van der Waals surface area contributed by atoms with Crippen molar-refractivity contribution in [1.29, 1.82) is 0 Å². The molecule has 0 bridgehead atoms. The second-order valence-electron chi connectivity index (χ2n) is 14.9. The first kappa shape index (κ1) is 33.6. The molecule has 0 aliphatic carbocycles. The first-order chi connectivity index (χ1) is 27.7. The van der Waals surface area contributed by atoms with Crippen molar-refractivity contribution in [2.24, 2.45) is 0 Å². The Labute approximate surface area is 328 Å². The Morgan fingerprint density at radius 3 is 1.57 bits per heavy atom. The summed E-state index contributed by atoms with van der Waals surface area (Å²) in [5.74, 6) is 0.233. The molecular formula is C55H41N. The van der Waals surface area contributed by atoms with Gasteiger partial charge in [-0.25, -0.2) is 0 Å².